The zero-order valence-corrected chi connectivity index (χ0v) is 10.5. The lowest BCUT2D eigenvalue weighted by molar-refractivity contribution is 0.000301. The largest absolute Gasteiger partial charge is 0.488 e. The number of halogens is 1. The Hall–Kier alpha value is -1.13. The predicted molar refractivity (Wildman–Crippen MR) is 65.9 cm³/mol. The fourth-order valence-electron chi connectivity index (χ4n) is 2.28. The van der Waals surface area contributed by atoms with Crippen molar-refractivity contribution in [1.29, 1.82) is 0 Å². The fourth-order valence-corrected chi connectivity index (χ4v) is 2.28. The van der Waals surface area contributed by atoms with Crippen LogP contribution in [-0.2, 0) is 0 Å². The van der Waals surface area contributed by atoms with Crippen LogP contribution in [0.5, 0.6) is 5.75 Å². The van der Waals surface area contributed by atoms with Crippen molar-refractivity contribution in [3.63, 3.8) is 0 Å². The van der Waals surface area contributed by atoms with Crippen molar-refractivity contribution < 1.29 is 19.3 Å². The van der Waals surface area contributed by atoms with Gasteiger partial charge in [0, 0.05) is 0 Å². The summed E-state index contributed by atoms with van der Waals surface area (Å²) in [6, 6.07) is 4.39. The summed E-state index contributed by atoms with van der Waals surface area (Å²) in [6.45, 7) is 1.70. The molecule has 0 radical (unpaired) electrons. The first-order valence-corrected chi connectivity index (χ1v) is 6.33. The molecule has 0 amide bonds. The average molecular weight is 254 g/mol. The standard InChI is InChI=1S/C14H19FO3/c1-10(16)11-4-5-13(12(15)8-11)18-9-14(17)6-2-3-7-14/h4-5,8,10,16-17H,2-3,6-7,9H2,1H3/t10-/m1/s1. The molecule has 1 aliphatic carbocycles. The van der Waals surface area contributed by atoms with Gasteiger partial charge in [-0.25, -0.2) is 4.39 Å². The Kier molecular flexibility index (Phi) is 3.88. The van der Waals surface area contributed by atoms with Crippen LogP contribution in [-0.4, -0.2) is 22.4 Å². The molecule has 0 aliphatic heterocycles. The summed E-state index contributed by atoms with van der Waals surface area (Å²) in [5.41, 5.74) is -0.297. The Morgan fingerprint density at radius 2 is 2.06 bits per heavy atom. The van der Waals surface area contributed by atoms with Crippen molar-refractivity contribution in [2.75, 3.05) is 6.61 Å². The second-order valence-electron chi connectivity index (χ2n) is 5.09. The van der Waals surface area contributed by atoms with E-state index in [1.54, 1.807) is 13.0 Å². The van der Waals surface area contributed by atoms with Crippen LogP contribution in [0.2, 0.25) is 0 Å². The average Bonchev–Trinajstić information content (AvgIpc) is 2.75. The summed E-state index contributed by atoms with van der Waals surface area (Å²) in [5, 5.41) is 19.4. The zero-order valence-electron chi connectivity index (χ0n) is 10.5. The van der Waals surface area contributed by atoms with E-state index < -0.39 is 17.5 Å². The highest BCUT2D eigenvalue weighted by atomic mass is 19.1. The topological polar surface area (TPSA) is 49.7 Å². The van der Waals surface area contributed by atoms with E-state index in [4.69, 9.17) is 4.74 Å². The first-order chi connectivity index (χ1) is 8.50. The number of ether oxygens (including phenoxy) is 1. The van der Waals surface area contributed by atoms with Crippen LogP contribution in [0.4, 0.5) is 4.39 Å². The molecule has 1 saturated carbocycles. The summed E-state index contributed by atoms with van der Waals surface area (Å²) in [6.07, 6.45) is 2.69. The summed E-state index contributed by atoms with van der Waals surface area (Å²) in [5.74, 6) is -0.380. The zero-order chi connectivity index (χ0) is 13.2. The SMILES string of the molecule is C[C@@H](O)c1ccc(OCC2(O)CCCC2)c(F)c1. The maximum atomic E-state index is 13.7. The lowest BCUT2D eigenvalue weighted by Gasteiger charge is -2.22. The van der Waals surface area contributed by atoms with Gasteiger partial charge in [0.1, 0.15) is 6.61 Å². The summed E-state index contributed by atoms with van der Waals surface area (Å²) in [4.78, 5) is 0. The summed E-state index contributed by atoms with van der Waals surface area (Å²) < 4.78 is 19.0. The highest BCUT2D eigenvalue weighted by Crippen LogP contribution is 2.31. The smallest absolute Gasteiger partial charge is 0.165 e. The molecule has 2 rings (SSSR count). The van der Waals surface area contributed by atoms with Crippen LogP contribution < -0.4 is 4.74 Å². The molecule has 1 aromatic rings. The molecule has 0 heterocycles. The van der Waals surface area contributed by atoms with Crippen LogP contribution in [0, 0.1) is 5.82 Å². The molecule has 1 fully saturated rings. The monoisotopic (exact) mass is 254 g/mol. The minimum atomic E-state index is -0.810. The fraction of sp³-hybridized carbons (Fsp3) is 0.571. The Bertz CT molecular complexity index is 412. The molecule has 100 valence electrons. The van der Waals surface area contributed by atoms with Gasteiger partial charge >= 0.3 is 0 Å². The van der Waals surface area contributed by atoms with E-state index in [1.165, 1.54) is 12.1 Å². The third-order valence-corrected chi connectivity index (χ3v) is 3.47. The molecular formula is C14H19FO3. The van der Waals surface area contributed by atoms with Crippen molar-refractivity contribution in [3.05, 3.63) is 29.6 Å². The molecule has 18 heavy (non-hydrogen) atoms. The molecule has 1 atom stereocenters. The van der Waals surface area contributed by atoms with Crippen LogP contribution in [0.15, 0.2) is 18.2 Å². The lowest BCUT2D eigenvalue weighted by Crippen LogP contribution is -2.32. The molecule has 3 nitrogen and oxygen atoms in total. The van der Waals surface area contributed by atoms with Crippen molar-refractivity contribution >= 4 is 0 Å². The van der Waals surface area contributed by atoms with E-state index in [0.717, 1.165) is 12.8 Å². The van der Waals surface area contributed by atoms with Gasteiger partial charge in [0.05, 0.1) is 11.7 Å². The predicted octanol–water partition coefficient (Wildman–Crippen LogP) is 2.56. The van der Waals surface area contributed by atoms with Gasteiger partial charge in [-0.2, -0.15) is 0 Å². The molecule has 4 heteroatoms. The van der Waals surface area contributed by atoms with Gasteiger partial charge < -0.3 is 14.9 Å². The van der Waals surface area contributed by atoms with Crippen LogP contribution in [0.1, 0.15) is 44.3 Å². The van der Waals surface area contributed by atoms with Gasteiger partial charge in [0.15, 0.2) is 11.6 Å². The van der Waals surface area contributed by atoms with E-state index in [-0.39, 0.29) is 12.4 Å². The molecule has 0 bridgehead atoms. The number of rotatable bonds is 4. The van der Waals surface area contributed by atoms with Crippen LogP contribution in [0.25, 0.3) is 0 Å². The number of hydrogen-bond acceptors (Lipinski definition) is 3. The van der Waals surface area contributed by atoms with E-state index >= 15 is 0 Å². The molecule has 0 unspecified atom stereocenters. The van der Waals surface area contributed by atoms with Gasteiger partial charge in [-0.15, -0.1) is 0 Å². The first kappa shape index (κ1) is 13.3. The van der Waals surface area contributed by atoms with Crippen molar-refractivity contribution in [3.8, 4) is 5.75 Å². The Labute approximate surface area is 106 Å². The normalized spacial score (nSPS) is 19.8. The summed E-state index contributed by atoms with van der Waals surface area (Å²) in [7, 11) is 0. The van der Waals surface area contributed by atoms with Crippen molar-refractivity contribution in [2.45, 2.75) is 44.3 Å². The van der Waals surface area contributed by atoms with Crippen LogP contribution in [0.3, 0.4) is 0 Å². The Morgan fingerprint density at radius 3 is 2.61 bits per heavy atom. The number of benzene rings is 1. The van der Waals surface area contributed by atoms with Crippen molar-refractivity contribution in [2.24, 2.45) is 0 Å². The number of aliphatic hydroxyl groups excluding tert-OH is 1. The molecule has 0 spiro atoms. The van der Waals surface area contributed by atoms with Gasteiger partial charge in [-0.3, -0.25) is 0 Å². The molecule has 1 aromatic carbocycles. The van der Waals surface area contributed by atoms with Crippen molar-refractivity contribution in [1.82, 2.24) is 0 Å². The molecule has 0 aromatic heterocycles. The second-order valence-corrected chi connectivity index (χ2v) is 5.09. The molecule has 1 aliphatic rings. The molecule has 2 N–H and O–H groups in total. The number of hydrogen-bond donors (Lipinski definition) is 2. The third-order valence-electron chi connectivity index (χ3n) is 3.47. The highest BCUT2D eigenvalue weighted by Gasteiger charge is 2.32. The molecule has 0 saturated heterocycles. The summed E-state index contributed by atoms with van der Waals surface area (Å²) >= 11 is 0. The minimum absolute atomic E-state index is 0.123. The van der Waals surface area contributed by atoms with Gasteiger partial charge in [-0.1, -0.05) is 18.9 Å². The van der Waals surface area contributed by atoms with Gasteiger partial charge in [-0.05, 0) is 37.5 Å². The number of aliphatic hydroxyl groups is 2. The highest BCUT2D eigenvalue weighted by molar-refractivity contribution is 5.30. The molecular weight excluding hydrogens is 235 g/mol. The van der Waals surface area contributed by atoms with Gasteiger partial charge in [0.2, 0.25) is 0 Å². The second kappa shape index (κ2) is 5.24. The Morgan fingerprint density at radius 1 is 1.39 bits per heavy atom. The maximum absolute atomic E-state index is 13.7. The quantitative estimate of drug-likeness (QED) is 0.868. The lowest BCUT2D eigenvalue weighted by atomic mass is 10.0. The van der Waals surface area contributed by atoms with Gasteiger partial charge in [0.25, 0.3) is 0 Å². The first-order valence-electron chi connectivity index (χ1n) is 6.33. The maximum Gasteiger partial charge on any atom is 0.165 e. The third kappa shape index (κ3) is 3.00. The van der Waals surface area contributed by atoms with E-state index in [1.807, 2.05) is 0 Å². The Balaban J connectivity index is 2.01. The minimum Gasteiger partial charge on any atom is -0.488 e. The van der Waals surface area contributed by atoms with E-state index in [2.05, 4.69) is 0 Å². The van der Waals surface area contributed by atoms with E-state index in [9.17, 15) is 14.6 Å². The van der Waals surface area contributed by atoms with E-state index in [0.29, 0.717) is 18.4 Å². The van der Waals surface area contributed by atoms with Crippen LogP contribution >= 0.6 is 0 Å².